The minimum absolute atomic E-state index is 0.0554. The van der Waals surface area contributed by atoms with Gasteiger partial charge in [0.15, 0.2) is 6.10 Å². The molecule has 0 amide bonds. The molecule has 0 bridgehead atoms. The number of rotatable bonds is 3. The second kappa shape index (κ2) is 6.05. The van der Waals surface area contributed by atoms with E-state index in [9.17, 15) is 26.7 Å². The van der Waals surface area contributed by atoms with Crippen LogP contribution in [0.25, 0.3) is 11.0 Å². The Morgan fingerprint density at radius 3 is 2.62 bits per heavy atom. The highest BCUT2D eigenvalue weighted by molar-refractivity contribution is 7.89. The molecule has 2 atom stereocenters. The maximum Gasteiger partial charge on any atom is 0.415 e. The minimum Gasteiger partial charge on any atom is -0.443 e. The predicted octanol–water partition coefficient (Wildman–Crippen LogP) is 2.90. The molecule has 1 fully saturated rings. The van der Waals surface area contributed by atoms with Gasteiger partial charge in [0.05, 0.1) is 6.04 Å². The number of sulfonamides is 1. The van der Waals surface area contributed by atoms with Crippen LogP contribution in [0.3, 0.4) is 0 Å². The molecule has 0 saturated carbocycles. The van der Waals surface area contributed by atoms with Crippen LogP contribution < -0.4 is 0 Å². The van der Waals surface area contributed by atoms with Crippen LogP contribution in [0.1, 0.15) is 19.3 Å². The molecule has 2 heterocycles. The van der Waals surface area contributed by atoms with Crippen molar-refractivity contribution in [3.8, 4) is 0 Å². The van der Waals surface area contributed by atoms with Crippen molar-refractivity contribution in [1.29, 1.82) is 0 Å². The van der Waals surface area contributed by atoms with Gasteiger partial charge in [0.1, 0.15) is 5.58 Å². The van der Waals surface area contributed by atoms with Crippen LogP contribution in [0.2, 0.25) is 0 Å². The van der Waals surface area contributed by atoms with E-state index < -0.39 is 33.4 Å². The molecule has 0 spiro atoms. The first-order chi connectivity index (χ1) is 11.2. The third-order valence-corrected chi connectivity index (χ3v) is 5.94. The van der Waals surface area contributed by atoms with Gasteiger partial charge in [-0.2, -0.15) is 17.5 Å². The van der Waals surface area contributed by atoms with Crippen molar-refractivity contribution in [1.82, 2.24) is 4.31 Å². The van der Waals surface area contributed by atoms with E-state index in [1.807, 2.05) is 0 Å². The van der Waals surface area contributed by atoms with Crippen LogP contribution in [0.15, 0.2) is 39.8 Å². The molecule has 5 nitrogen and oxygen atoms in total. The molecule has 0 aliphatic carbocycles. The molecule has 2 aromatic rings. The van der Waals surface area contributed by atoms with Crippen molar-refractivity contribution in [2.45, 2.75) is 42.7 Å². The Labute approximate surface area is 136 Å². The van der Waals surface area contributed by atoms with Gasteiger partial charge in [-0.25, -0.2) is 8.42 Å². The first kappa shape index (κ1) is 17.2. The molecule has 24 heavy (non-hydrogen) atoms. The molecule has 1 N–H and O–H groups in total. The van der Waals surface area contributed by atoms with Crippen LogP contribution in [-0.4, -0.2) is 42.7 Å². The van der Waals surface area contributed by atoms with Crippen LogP contribution in [0.5, 0.6) is 0 Å². The van der Waals surface area contributed by atoms with E-state index in [1.54, 1.807) is 24.3 Å². The standard InChI is InChI=1S/C15H16F3NO4S/c16-15(17,18)14(20)11-6-3-4-8-19(11)24(21,22)13-9-10-5-1-2-7-12(10)23-13/h1-2,5,7,9,11,14,20H,3-4,6,8H2/t11-,14-/m1/s1. The highest BCUT2D eigenvalue weighted by atomic mass is 32.2. The minimum atomic E-state index is -4.89. The second-order valence-electron chi connectivity index (χ2n) is 5.77. The third-order valence-electron chi connectivity index (χ3n) is 4.16. The normalized spacial score (nSPS) is 21.9. The molecular weight excluding hydrogens is 347 g/mol. The summed E-state index contributed by atoms with van der Waals surface area (Å²) in [6.45, 7) is -0.0861. The SMILES string of the molecule is O=S(=O)(c1cc2ccccc2o1)N1CCCC[C@@H]1[C@@H](O)C(F)(F)F. The molecule has 0 unspecified atom stereocenters. The smallest absolute Gasteiger partial charge is 0.415 e. The van der Waals surface area contributed by atoms with Crippen LogP contribution in [0, 0.1) is 0 Å². The van der Waals surface area contributed by atoms with Gasteiger partial charge in [0, 0.05) is 18.0 Å². The van der Waals surface area contributed by atoms with Crippen molar-refractivity contribution in [2.75, 3.05) is 6.54 Å². The summed E-state index contributed by atoms with van der Waals surface area (Å²) in [5.41, 5.74) is 0.334. The maximum atomic E-state index is 12.9. The van der Waals surface area contributed by atoms with Gasteiger partial charge in [-0.3, -0.25) is 0 Å². The largest absolute Gasteiger partial charge is 0.443 e. The van der Waals surface area contributed by atoms with Gasteiger partial charge < -0.3 is 9.52 Å². The number of hydrogen-bond acceptors (Lipinski definition) is 4. The van der Waals surface area contributed by atoms with Gasteiger partial charge in [0.25, 0.3) is 10.0 Å². The lowest BCUT2D eigenvalue weighted by molar-refractivity contribution is -0.219. The average molecular weight is 363 g/mol. The van der Waals surface area contributed by atoms with Crippen molar-refractivity contribution in [2.24, 2.45) is 0 Å². The number of fused-ring (bicyclic) bond motifs is 1. The van der Waals surface area contributed by atoms with E-state index in [2.05, 4.69) is 0 Å². The molecule has 1 aliphatic rings. The summed E-state index contributed by atoms with van der Waals surface area (Å²) in [6, 6.07) is 6.33. The molecule has 1 saturated heterocycles. The Morgan fingerprint density at radius 1 is 1.25 bits per heavy atom. The summed E-state index contributed by atoms with van der Waals surface area (Å²) in [6.07, 6.45) is -6.81. The van der Waals surface area contributed by atoms with E-state index in [-0.39, 0.29) is 13.0 Å². The summed E-state index contributed by atoms with van der Waals surface area (Å²) in [5.74, 6) is 0. The summed E-state index contributed by atoms with van der Waals surface area (Å²) >= 11 is 0. The number of alkyl halides is 3. The van der Waals surface area contributed by atoms with Crippen molar-refractivity contribution in [3.05, 3.63) is 30.3 Å². The molecule has 0 radical (unpaired) electrons. The summed E-state index contributed by atoms with van der Waals surface area (Å²) in [4.78, 5) is 0. The number of piperidine rings is 1. The molecule has 1 aromatic heterocycles. The number of hydrogen-bond donors (Lipinski definition) is 1. The Balaban J connectivity index is 1.99. The Morgan fingerprint density at radius 2 is 1.96 bits per heavy atom. The summed E-state index contributed by atoms with van der Waals surface area (Å²) in [7, 11) is -4.27. The van der Waals surface area contributed by atoms with Crippen molar-refractivity contribution < 1.29 is 31.1 Å². The van der Waals surface area contributed by atoms with Crippen LogP contribution in [-0.2, 0) is 10.0 Å². The lowest BCUT2D eigenvalue weighted by atomic mass is 9.99. The zero-order valence-electron chi connectivity index (χ0n) is 12.5. The summed E-state index contributed by atoms with van der Waals surface area (Å²) in [5, 5.41) is 9.70. The van der Waals surface area contributed by atoms with E-state index >= 15 is 0 Å². The van der Waals surface area contributed by atoms with Gasteiger partial charge >= 0.3 is 6.18 Å². The van der Waals surface area contributed by atoms with E-state index in [0.29, 0.717) is 28.1 Å². The van der Waals surface area contributed by atoms with Gasteiger partial charge in [-0.15, -0.1) is 0 Å². The number of benzene rings is 1. The molecule has 9 heteroatoms. The number of furan rings is 1. The monoisotopic (exact) mass is 363 g/mol. The Hall–Kier alpha value is -1.58. The Bertz CT molecular complexity index is 798. The first-order valence-corrected chi connectivity index (χ1v) is 8.90. The average Bonchev–Trinajstić information content (AvgIpc) is 2.98. The van der Waals surface area contributed by atoms with E-state index in [4.69, 9.17) is 4.42 Å². The number of nitrogens with zero attached hydrogens (tertiary/aromatic N) is 1. The quantitative estimate of drug-likeness (QED) is 0.910. The molecule has 3 rings (SSSR count). The zero-order chi connectivity index (χ0) is 17.5. The fourth-order valence-electron chi connectivity index (χ4n) is 2.96. The molecule has 1 aromatic carbocycles. The zero-order valence-corrected chi connectivity index (χ0v) is 13.3. The van der Waals surface area contributed by atoms with E-state index in [0.717, 1.165) is 0 Å². The predicted molar refractivity (Wildman–Crippen MR) is 79.8 cm³/mol. The number of aliphatic hydroxyl groups excluding tert-OH is 1. The van der Waals surface area contributed by atoms with Crippen molar-refractivity contribution >= 4 is 21.0 Å². The fraction of sp³-hybridized carbons (Fsp3) is 0.467. The first-order valence-electron chi connectivity index (χ1n) is 7.46. The van der Waals surface area contributed by atoms with E-state index in [1.165, 1.54) is 6.07 Å². The lowest BCUT2D eigenvalue weighted by Gasteiger charge is -2.37. The summed E-state index contributed by atoms with van der Waals surface area (Å²) < 4.78 is 70.1. The van der Waals surface area contributed by atoms with Crippen molar-refractivity contribution in [3.63, 3.8) is 0 Å². The topological polar surface area (TPSA) is 70.8 Å². The van der Waals surface area contributed by atoms with Gasteiger partial charge in [0.2, 0.25) is 5.09 Å². The number of halogens is 3. The highest BCUT2D eigenvalue weighted by Gasteiger charge is 2.49. The number of para-hydroxylation sites is 1. The second-order valence-corrected chi connectivity index (χ2v) is 7.59. The highest BCUT2D eigenvalue weighted by Crippen LogP contribution is 2.34. The molecular formula is C15H16F3NO4S. The third kappa shape index (κ3) is 3.03. The Kier molecular flexibility index (Phi) is 4.35. The fourth-order valence-corrected chi connectivity index (χ4v) is 4.61. The van der Waals surface area contributed by atoms with Gasteiger partial charge in [-0.05, 0) is 18.9 Å². The maximum absolute atomic E-state index is 12.9. The number of aliphatic hydroxyl groups is 1. The lowest BCUT2D eigenvalue weighted by Crippen LogP contribution is -2.54. The van der Waals surface area contributed by atoms with Crippen LogP contribution >= 0.6 is 0 Å². The molecule has 1 aliphatic heterocycles. The van der Waals surface area contributed by atoms with Crippen LogP contribution in [0.4, 0.5) is 13.2 Å². The van der Waals surface area contributed by atoms with Gasteiger partial charge in [-0.1, -0.05) is 24.6 Å². The molecule has 132 valence electrons.